The minimum atomic E-state index is -0.878. The summed E-state index contributed by atoms with van der Waals surface area (Å²) in [6.45, 7) is 4.84. The maximum Gasteiger partial charge on any atom is 0.305 e. The number of nitrogens with one attached hydrogen (secondary N) is 1. The van der Waals surface area contributed by atoms with E-state index in [4.69, 9.17) is 4.74 Å². The van der Waals surface area contributed by atoms with E-state index in [1.54, 1.807) is 6.08 Å². The highest BCUT2D eigenvalue weighted by atomic mass is 16.5. The monoisotopic (exact) mass is 872 g/mol. The normalized spacial score (nSPS) is 12.9. The van der Waals surface area contributed by atoms with Crippen molar-refractivity contribution >= 4 is 11.9 Å². The van der Waals surface area contributed by atoms with Gasteiger partial charge in [0.05, 0.1) is 25.4 Å². The predicted molar refractivity (Wildman–Crippen MR) is 269 cm³/mol. The van der Waals surface area contributed by atoms with Gasteiger partial charge in [-0.25, -0.2) is 0 Å². The Balaban J connectivity index is 3.53. The van der Waals surface area contributed by atoms with Gasteiger partial charge in [0.2, 0.25) is 5.91 Å². The first kappa shape index (κ1) is 60.1. The van der Waals surface area contributed by atoms with E-state index >= 15 is 0 Å². The van der Waals surface area contributed by atoms with Gasteiger partial charge in [0.25, 0.3) is 0 Å². The van der Waals surface area contributed by atoms with Crippen LogP contribution in [0.5, 0.6) is 0 Å². The van der Waals surface area contributed by atoms with Crippen molar-refractivity contribution in [1.82, 2.24) is 5.32 Å². The van der Waals surface area contributed by atoms with Gasteiger partial charge >= 0.3 is 5.97 Å². The van der Waals surface area contributed by atoms with E-state index in [9.17, 15) is 19.8 Å². The Labute approximate surface area is 385 Å². The maximum absolute atomic E-state index is 12.4. The number of esters is 1. The summed E-state index contributed by atoms with van der Waals surface area (Å²) < 4.78 is 5.47. The molecule has 0 aromatic rings. The van der Waals surface area contributed by atoms with Crippen LogP contribution in [-0.4, -0.2) is 47.4 Å². The van der Waals surface area contributed by atoms with Crippen LogP contribution in [0.1, 0.15) is 284 Å². The average Bonchev–Trinajstić information content (AvgIpc) is 3.27. The smallest absolute Gasteiger partial charge is 0.305 e. The lowest BCUT2D eigenvalue weighted by Gasteiger charge is -2.19. The molecule has 0 spiro atoms. The molecule has 1 amide bonds. The fourth-order valence-electron chi connectivity index (χ4n) is 8.21. The van der Waals surface area contributed by atoms with Gasteiger partial charge in [-0.3, -0.25) is 9.59 Å². The lowest BCUT2D eigenvalue weighted by Crippen LogP contribution is -2.45. The minimum absolute atomic E-state index is 0.0142. The number of amides is 1. The number of rotatable bonds is 50. The molecule has 3 N–H and O–H groups in total. The van der Waals surface area contributed by atoms with Gasteiger partial charge in [0, 0.05) is 12.8 Å². The second-order valence-electron chi connectivity index (χ2n) is 18.6. The van der Waals surface area contributed by atoms with Crippen LogP contribution in [0.2, 0.25) is 0 Å². The lowest BCUT2D eigenvalue weighted by atomic mass is 10.0. The molecule has 62 heavy (non-hydrogen) atoms. The van der Waals surface area contributed by atoms with Crippen molar-refractivity contribution in [2.45, 2.75) is 296 Å². The lowest BCUT2D eigenvalue weighted by molar-refractivity contribution is -0.143. The zero-order valence-corrected chi connectivity index (χ0v) is 41.4. The van der Waals surface area contributed by atoms with E-state index in [1.165, 1.54) is 199 Å². The van der Waals surface area contributed by atoms with Crippen LogP contribution in [-0.2, 0) is 14.3 Å². The number of allylic oxidation sites excluding steroid dienone is 5. The molecular formula is C56H105NO5. The molecule has 0 aliphatic heterocycles. The van der Waals surface area contributed by atoms with E-state index in [0.717, 1.165) is 51.4 Å². The molecular weight excluding hydrogens is 767 g/mol. The number of carbonyl (C=O) groups excluding carboxylic acids is 2. The van der Waals surface area contributed by atoms with Crippen LogP contribution in [0, 0.1) is 0 Å². The largest absolute Gasteiger partial charge is 0.466 e. The first-order chi connectivity index (χ1) is 30.5. The summed E-state index contributed by atoms with van der Waals surface area (Å²) >= 11 is 0. The zero-order chi connectivity index (χ0) is 45.1. The molecule has 0 bridgehead atoms. The van der Waals surface area contributed by atoms with Gasteiger partial charge < -0.3 is 20.3 Å². The van der Waals surface area contributed by atoms with Crippen molar-refractivity contribution in [1.29, 1.82) is 0 Å². The second kappa shape index (κ2) is 51.7. The highest BCUT2D eigenvalue weighted by Crippen LogP contribution is 2.16. The van der Waals surface area contributed by atoms with Crippen molar-refractivity contribution in [2.75, 3.05) is 13.2 Å². The molecule has 2 atom stereocenters. The minimum Gasteiger partial charge on any atom is -0.466 e. The van der Waals surface area contributed by atoms with Crippen molar-refractivity contribution < 1.29 is 24.5 Å². The number of aliphatic hydroxyl groups is 2. The van der Waals surface area contributed by atoms with Gasteiger partial charge in [-0.05, 0) is 51.4 Å². The molecule has 0 rings (SSSR count). The molecule has 0 saturated carbocycles. The summed E-state index contributed by atoms with van der Waals surface area (Å²) in [7, 11) is 0. The number of hydrogen-bond donors (Lipinski definition) is 3. The number of hydrogen-bond acceptors (Lipinski definition) is 5. The molecule has 0 radical (unpaired) electrons. The van der Waals surface area contributed by atoms with Gasteiger partial charge in [-0.2, -0.15) is 0 Å². The molecule has 0 heterocycles. The maximum atomic E-state index is 12.4. The van der Waals surface area contributed by atoms with Crippen molar-refractivity contribution in [3.05, 3.63) is 36.5 Å². The summed E-state index contributed by atoms with van der Waals surface area (Å²) in [5.74, 6) is -0.163. The Morgan fingerprint density at radius 2 is 0.823 bits per heavy atom. The Morgan fingerprint density at radius 3 is 1.26 bits per heavy atom. The third-order valence-electron chi connectivity index (χ3n) is 12.4. The summed E-state index contributed by atoms with van der Waals surface area (Å²) in [5, 5.41) is 22.9. The topological polar surface area (TPSA) is 95.9 Å². The fraction of sp³-hybridized carbons (Fsp3) is 0.857. The van der Waals surface area contributed by atoms with Crippen molar-refractivity contribution in [3.8, 4) is 0 Å². The molecule has 6 nitrogen and oxygen atoms in total. The Hall–Kier alpha value is -1.92. The number of unbranched alkanes of at least 4 members (excludes halogenated alkanes) is 35. The fourth-order valence-corrected chi connectivity index (χ4v) is 8.21. The second-order valence-corrected chi connectivity index (χ2v) is 18.6. The standard InChI is InChI=1S/C56H105NO5/c1-3-5-7-9-11-13-15-17-18-19-20-21-22-26-30-34-38-42-46-50-56(61)62-51-47-43-39-35-31-27-23-25-29-33-37-41-45-49-55(60)57-53(52-58)54(59)48-44-40-36-32-28-24-16-14-12-10-8-6-4-2/h25,29,37,41,44,48,53-54,58-59H,3-24,26-28,30-36,38-40,42-43,45-47,49-52H2,1-2H3,(H,57,60)/b29-25-,41-37-,48-44+. The quantitative estimate of drug-likeness (QED) is 0.0321. The van der Waals surface area contributed by atoms with E-state index in [1.807, 2.05) is 12.2 Å². The van der Waals surface area contributed by atoms with Gasteiger partial charge in [0.1, 0.15) is 0 Å². The highest BCUT2D eigenvalue weighted by molar-refractivity contribution is 5.76. The molecule has 0 saturated heterocycles. The summed E-state index contributed by atoms with van der Waals surface area (Å²) in [6.07, 6.45) is 63.1. The van der Waals surface area contributed by atoms with E-state index in [-0.39, 0.29) is 18.5 Å². The Morgan fingerprint density at radius 1 is 0.452 bits per heavy atom. The van der Waals surface area contributed by atoms with Crippen LogP contribution in [0.4, 0.5) is 0 Å². The van der Waals surface area contributed by atoms with Crippen molar-refractivity contribution in [2.24, 2.45) is 0 Å². The van der Waals surface area contributed by atoms with E-state index < -0.39 is 12.1 Å². The van der Waals surface area contributed by atoms with Gasteiger partial charge in [0.15, 0.2) is 0 Å². The van der Waals surface area contributed by atoms with E-state index in [0.29, 0.717) is 25.9 Å². The molecule has 2 unspecified atom stereocenters. The van der Waals surface area contributed by atoms with Crippen LogP contribution in [0.25, 0.3) is 0 Å². The zero-order valence-electron chi connectivity index (χ0n) is 41.4. The van der Waals surface area contributed by atoms with E-state index in [2.05, 4.69) is 37.4 Å². The summed E-state index contributed by atoms with van der Waals surface area (Å²) in [5.41, 5.74) is 0. The third-order valence-corrected chi connectivity index (χ3v) is 12.4. The highest BCUT2D eigenvalue weighted by Gasteiger charge is 2.17. The molecule has 0 aliphatic rings. The molecule has 0 aromatic carbocycles. The first-order valence-corrected chi connectivity index (χ1v) is 27.3. The Kier molecular flexibility index (Phi) is 50.1. The van der Waals surface area contributed by atoms with Gasteiger partial charge in [-0.15, -0.1) is 0 Å². The number of carbonyl (C=O) groups is 2. The molecule has 0 aliphatic carbocycles. The van der Waals surface area contributed by atoms with Crippen LogP contribution in [0.3, 0.4) is 0 Å². The van der Waals surface area contributed by atoms with Gasteiger partial charge in [-0.1, -0.05) is 256 Å². The SMILES string of the molecule is CCCCCCCCCCCCC/C=C/C(O)C(CO)NC(=O)CC/C=C\C/C=C\CCCCCCCCOC(=O)CCCCCCCCCCCCCCCCCCCCC. The average molecular weight is 872 g/mol. The number of aliphatic hydroxyl groups excluding tert-OH is 2. The predicted octanol–water partition coefficient (Wildman–Crippen LogP) is 16.5. The third kappa shape index (κ3) is 47.6. The van der Waals surface area contributed by atoms with Crippen LogP contribution >= 0.6 is 0 Å². The number of ether oxygens (including phenoxy) is 1. The first-order valence-electron chi connectivity index (χ1n) is 27.3. The molecule has 0 fully saturated rings. The molecule has 6 heteroatoms. The summed E-state index contributed by atoms with van der Waals surface area (Å²) in [6, 6.07) is -0.671. The van der Waals surface area contributed by atoms with Crippen molar-refractivity contribution in [3.63, 3.8) is 0 Å². The molecule has 364 valence electrons. The van der Waals surface area contributed by atoms with Crippen LogP contribution in [0.15, 0.2) is 36.5 Å². The Bertz CT molecular complexity index is 1010. The molecule has 0 aromatic heterocycles. The van der Waals surface area contributed by atoms with Crippen LogP contribution < -0.4 is 5.32 Å². The summed E-state index contributed by atoms with van der Waals surface area (Å²) in [4.78, 5) is 24.4.